The molecule has 1 heterocycles. The topological polar surface area (TPSA) is 62.0 Å². The van der Waals surface area contributed by atoms with Crippen LogP contribution in [0, 0.1) is 13.8 Å². The Bertz CT molecular complexity index is 223. The monoisotopic (exact) mass is 154 g/mol. The number of aryl methyl sites for hydroxylation is 2. The largest absolute Gasteiger partial charge is 0.394 e. The van der Waals surface area contributed by atoms with Gasteiger partial charge in [0, 0.05) is 11.9 Å². The van der Waals surface area contributed by atoms with Gasteiger partial charge in [0.2, 0.25) is 0 Å². The number of aromatic nitrogens is 1. The molecule has 1 rings (SSSR count). The molecular formula is C8H14N2O. The Morgan fingerprint density at radius 2 is 2.27 bits per heavy atom. The van der Waals surface area contributed by atoms with Crippen LogP contribution in [0.5, 0.6) is 0 Å². The summed E-state index contributed by atoms with van der Waals surface area (Å²) in [6.45, 7) is 3.94. The molecule has 0 amide bonds. The van der Waals surface area contributed by atoms with Gasteiger partial charge >= 0.3 is 0 Å². The zero-order valence-corrected chi connectivity index (χ0v) is 6.89. The van der Waals surface area contributed by atoms with Crippen LogP contribution >= 0.6 is 0 Å². The Balaban J connectivity index is 3.00. The molecule has 0 unspecified atom stereocenters. The van der Waals surface area contributed by atoms with Gasteiger partial charge in [0.25, 0.3) is 0 Å². The van der Waals surface area contributed by atoms with E-state index in [1.807, 2.05) is 20.0 Å². The number of H-pyrrole nitrogens is 1. The van der Waals surface area contributed by atoms with Gasteiger partial charge in [-0.2, -0.15) is 0 Å². The second-order valence-electron chi connectivity index (χ2n) is 2.80. The maximum absolute atomic E-state index is 8.82. The minimum Gasteiger partial charge on any atom is -0.394 e. The van der Waals surface area contributed by atoms with Crippen LogP contribution in [-0.2, 0) is 0 Å². The fourth-order valence-corrected chi connectivity index (χ4v) is 1.33. The molecule has 0 aliphatic heterocycles. The lowest BCUT2D eigenvalue weighted by molar-refractivity contribution is 0.267. The lowest BCUT2D eigenvalue weighted by atomic mass is 10.1. The number of aromatic amines is 1. The molecule has 1 atom stereocenters. The normalized spacial score (nSPS) is 13.5. The fraction of sp³-hybridized carbons (Fsp3) is 0.500. The first-order valence-corrected chi connectivity index (χ1v) is 3.67. The number of rotatable bonds is 2. The molecular weight excluding hydrogens is 140 g/mol. The number of hydrogen-bond acceptors (Lipinski definition) is 2. The van der Waals surface area contributed by atoms with Crippen molar-refractivity contribution in [2.75, 3.05) is 6.61 Å². The summed E-state index contributed by atoms with van der Waals surface area (Å²) >= 11 is 0. The second-order valence-corrected chi connectivity index (χ2v) is 2.80. The molecule has 3 nitrogen and oxygen atoms in total. The van der Waals surface area contributed by atoms with E-state index in [9.17, 15) is 0 Å². The lowest BCUT2D eigenvalue weighted by Gasteiger charge is -2.08. The SMILES string of the molecule is Cc1c[nH]c(C)c1[C@H](N)CO. The van der Waals surface area contributed by atoms with E-state index in [4.69, 9.17) is 10.8 Å². The van der Waals surface area contributed by atoms with Crippen molar-refractivity contribution >= 4 is 0 Å². The molecule has 3 heteroatoms. The van der Waals surface area contributed by atoms with E-state index in [1.54, 1.807) is 0 Å². The molecule has 0 aliphatic carbocycles. The summed E-state index contributed by atoms with van der Waals surface area (Å²) in [5.74, 6) is 0. The number of aliphatic hydroxyl groups excluding tert-OH is 1. The van der Waals surface area contributed by atoms with Crippen molar-refractivity contribution in [1.82, 2.24) is 4.98 Å². The number of nitrogens with two attached hydrogens (primary N) is 1. The first kappa shape index (κ1) is 8.30. The average molecular weight is 154 g/mol. The van der Waals surface area contributed by atoms with Crippen LogP contribution in [0.2, 0.25) is 0 Å². The number of aliphatic hydroxyl groups is 1. The maximum Gasteiger partial charge on any atom is 0.0625 e. The van der Waals surface area contributed by atoms with Crippen LogP contribution in [0.1, 0.15) is 22.9 Å². The molecule has 1 aromatic rings. The lowest BCUT2D eigenvalue weighted by Crippen LogP contribution is -2.15. The molecule has 0 bridgehead atoms. The summed E-state index contributed by atoms with van der Waals surface area (Å²) in [5, 5.41) is 8.82. The van der Waals surface area contributed by atoms with E-state index in [0.29, 0.717) is 0 Å². The van der Waals surface area contributed by atoms with Gasteiger partial charge in [-0.1, -0.05) is 0 Å². The Morgan fingerprint density at radius 3 is 2.64 bits per heavy atom. The predicted octanol–water partition coefficient (Wildman–Crippen LogP) is 0.624. The summed E-state index contributed by atoms with van der Waals surface area (Å²) in [6.07, 6.45) is 1.90. The highest BCUT2D eigenvalue weighted by Gasteiger charge is 2.11. The van der Waals surface area contributed by atoms with Crippen LogP contribution in [0.25, 0.3) is 0 Å². The van der Waals surface area contributed by atoms with E-state index in [2.05, 4.69) is 4.98 Å². The van der Waals surface area contributed by atoms with Crippen LogP contribution in [0.15, 0.2) is 6.20 Å². The zero-order chi connectivity index (χ0) is 8.43. The summed E-state index contributed by atoms with van der Waals surface area (Å²) in [7, 11) is 0. The van der Waals surface area contributed by atoms with Gasteiger partial charge in [0.05, 0.1) is 12.6 Å². The van der Waals surface area contributed by atoms with E-state index >= 15 is 0 Å². The van der Waals surface area contributed by atoms with Crippen LogP contribution in [0.3, 0.4) is 0 Å². The molecule has 62 valence electrons. The first-order chi connectivity index (χ1) is 5.16. The third-order valence-electron chi connectivity index (χ3n) is 1.90. The fourth-order valence-electron chi connectivity index (χ4n) is 1.33. The van der Waals surface area contributed by atoms with Crippen molar-refractivity contribution in [3.63, 3.8) is 0 Å². The molecule has 1 aromatic heterocycles. The van der Waals surface area contributed by atoms with Crippen molar-refractivity contribution in [2.24, 2.45) is 5.73 Å². The van der Waals surface area contributed by atoms with Gasteiger partial charge in [-0.15, -0.1) is 0 Å². The molecule has 0 aromatic carbocycles. The highest BCUT2D eigenvalue weighted by atomic mass is 16.3. The van der Waals surface area contributed by atoms with E-state index in [0.717, 1.165) is 16.8 Å². The Kier molecular flexibility index (Phi) is 2.31. The van der Waals surface area contributed by atoms with Crippen LogP contribution in [0.4, 0.5) is 0 Å². The van der Waals surface area contributed by atoms with Gasteiger partial charge in [-0.3, -0.25) is 0 Å². The zero-order valence-electron chi connectivity index (χ0n) is 6.89. The highest BCUT2D eigenvalue weighted by molar-refractivity contribution is 5.31. The van der Waals surface area contributed by atoms with Crippen LogP contribution < -0.4 is 5.73 Å². The Labute approximate surface area is 66.2 Å². The molecule has 0 radical (unpaired) electrons. The summed E-state index contributed by atoms with van der Waals surface area (Å²) in [6, 6.07) is -0.249. The maximum atomic E-state index is 8.82. The minimum atomic E-state index is -0.249. The Hall–Kier alpha value is -0.800. The summed E-state index contributed by atoms with van der Waals surface area (Å²) in [5.41, 5.74) is 8.87. The molecule has 0 spiro atoms. The van der Waals surface area contributed by atoms with Gasteiger partial charge in [-0.25, -0.2) is 0 Å². The molecule has 4 N–H and O–H groups in total. The third-order valence-corrected chi connectivity index (χ3v) is 1.90. The quantitative estimate of drug-likeness (QED) is 0.585. The minimum absolute atomic E-state index is 0.000463. The smallest absolute Gasteiger partial charge is 0.0625 e. The number of nitrogens with one attached hydrogen (secondary N) is 1. The molecule has 0 saturated heterocycles. The molecule has 0 aliphatic rings. The first-order valence-electron chi connectivity index (χ1n) is 3.67. The third kappa shape index (κ3) is 1.44. The van der Waals surface area contributed by atoms with E-state index in [-0.39, 0.29) is 12.6 Å². The summed E-state index contributed by atoms with van der Waals surface area (Å²) < 4.78 is 0. The Morgan fingerprint density at radius 1 is 1.64 bits per heavy atom. The highest BCUT2D eigenvalue weighted by Crippen LogP contribution is 2.18. The van der Waals surface area contributed by atoms with Gasteiger partial charge < -0.3 is 15.8 Å². The van der Waals surface area contributed by atoms with Crippen molar-refractivity contribution < 1.29 is 5.11 Å². The second kappa shape index (κ2) is 3.07. The van der Waals surface area contributed by atoms with Crippen molar-refractivity contribution in [1.29, 1.82) is 0 Å². The number of hydrogen-bond donors (Lipinski definition) is 3. The summed E-state index contributed by atoms with van der Waals surface area (Å²) in [4.78, 5) is 3.06. The standard InChI is InChI=1S/C8H14N2O/c1-5-3-10-6(2)8(5)7(9)4-11/h3,7,10-11H,4,9H2,1-2H3/t7-/m1/s1. The van der Waals surface area contributed by atoms with Crippen LogP contribution in [-0.4, -0.2) is 16.7 Å². The van der Waals surface area contributed by atoms with E-state index in [1.165, 1.54) is 0 Å². The van der Waals surface area contributed by atoms with Gasteiger partial charge in [0.1, 0.15) is 0 Å². The van der Waals surface area contributed by atoms with Gasteiger partial charge in [0.15, 0.2) is 0 Å². The average Bonchev–Trinajstić information content (AvgIpc) is 2.30. The van der Waals surface area contributed by atoms with Crippen molar-refractivity contribution in [3.05, 3.63) is 23.0 Å². The molecule has 11 heavy (non-hydrogen) atoms. The predicted molar refractivity (Wildman–Crippen MR) is 44.3 cm³/mol. The van der Waals surface area contributed by atoms with Crippen molar-refractivity contribution in [2.45, 2.75) is 19.9 Å². The molecule has 0 fully saturated rings. The molecule has 0 saturated carbocycles. The van der Waals surface area contributed by atoms with Gasteiger partial charge in [-0.05, 0) is 25.0 Å². The van der Waals surface area contributed by atoms with E-state index < -0.39 is 0 Å². The van der Waals surface area contributed by atoms with Crippen molar-refractivity contribution in [3.8, 4) is 0 Å².